The van der Waals surface area contributed by atoms with Crippen LogP contribution < -0.4 is 5.32 Å². The molecule has 1 N–H and O–H groups in total. The third-order valence-corrected chi connectivity index (χ3v) is 4.68. The second kappa shape index (κ2) is 8.55. The number of carbonyl (C=O) groups is 1. The monoisotopic (exact) mass is 352 g/mol. The number of carbonyl (C=O) groups excluding carboxylic acids is 1. The molecule has 0 aliphatic heterocycles. The van der Waals surface area contributed by atoms with Crippen LogP contribution >= 0.6 is 11.3 Å². The first-order chi connectivity index (χ1) is 12.2. The van der Waals surface area contributed by atoms with Crippen molar-refractivity contribution in [2.45, 2.75) is 26.7 Å². The van der Waals surface area contributed by atoms with Gasteiger partial charge >= 0.3 is 0 Å². The molecule has 4 nitrogen and oxygen atoms in total. The van der Waals surface area contributed by atoms with Gasteiger partial charge in [-0.2, -0.15) is 0 Å². The van der Waals surface area contributed by atoms with Crippen molar-refractivity contribution < 1.29 is 9.53 Å². The highest BCUT2D eigenvalue weighted by Crippen LogP contribution is 2.14. The molecule has 0 aliphatic carbocycles. The molecule has 3 aromatic rings. The van der Waals surface area contributed by atoms with Gasteiger partial charge in [-0.15, -0.1) is 11.3 Å². The van der Waals surface area contributed by atoms with E-state index in [0.29, 0.717) is 24.6 Å². The topological polar surface area (TPSA) is 51.2 Å². The summed E-state index contributed by atoms with van der Waals surface area (Å²) in [7, 11) is 0. The van der Waals surface area contributed by atoms with Crippen LogP contribution in [-0.2, 0) is 24.5 Å². The SMILES string of the molecule is Cc1ncc(C(=O)NCc2ccccc2COCc2ccccc2)s1. The number of amides is 1. The second-order valence-electron chi connectivity index (χ2n) is 5.67. The molecule has 0 bridgehead atoms. The van der Waals surface area contributed by atoms with Gasteiger partial charge in [-0.1, -0.05) is 54.6 Å². The zero-order chi connectivity index (χ0) is 17.5. The van der Waals surface area contributed by atoms with E-state index in [1.165, 1.54) is 11.3 Å². The van der Waals surface area contributed by atoms with E-state index in [9.17, 15) is 4.79 Å². The number of aryl methyl sites for hydroxylation is 1. The van der Waals surface area contributed by atoms with Gasteiger partial charge in [-0.25, -0.2) is 4.98 Å². The maximum atomic E-state index is 12.2. The predicted octanol–water partition coefficient (Wildman–Crippen LogP) is 4.10. The first-order valence-corrected chi connectivity index (χ1v) is 8.93. The Bertz CT molecular complexity index is 830. The third kappa shape index (κ3) is 4.98. The summed E-state index contributed by atoms with van der Waals surface area (Å²) in [5.74, 6) is -0.0920. The standard InChI is InChI=1S/C20H20N2O2S/c1-15-21-12-19(25-15)20(23)22-11-17-9-5-6-10-18(17)14-24-13-16-7-3-2-4-8-16/h2-10,12H,11,13-14H2,1H3,(H,22,23). The Hall–Kier alpha value is -2.50. The number of nitrogens with one attached hydrogen (secondary N) is 1. The molecule has 3 rings (SSSR count). The normalized spacial score (nSPS) is 10.6. The number of ether oxygens (including phenoxy) is 1. The molecule has 0 fully saturated rings. The molecule has 0 saturated carbocycles. The van der Waals surface area contributed by atoms with Crippen LogP contribution in [0.4, 0.5) is 0 Å². The van der Waals surface area contributed by atoms with Gasteiger partial charge in [-0.05, 0) is 23.6 Å². The van der Waals surface area contributed by atoms with E-state index in [2.05, 4.69) is 10.3 Å². The zero-order valence-electron chi connectivity index (χ0n) is 14.1. The zero-order valence-corrected chi connectivity index (χ0v) is 14.9. The van der Waals surface area contributed by atoms with E-state index in [4.69, 9.17) is 4.74 Å². The van der Waals surface area contributed by atoms with Gasteiger partial charge in [0.1, 0.15) is 4.88 Å². The highest BCUT2D eigenvalue weighted by molar-refractivity contribution is 7.13. The molecule has 1 heterocycles. The summed E-state index contributed by atoms with van der Waals surface area (Å²) in [5.41, 5.74) is 3.29. The van der Waals surface area contributed by atoms with Crippen molar-refractivity contribution in [1.29, 1.82) is 0 Å². The summed E-state index contributed by atoms with van der Waals surface area (Å²) in [6, 6.07) is 18.1. The number of rotatable bonds is 7. The lowest BCUT2D eigenvalue weighted by atomic mass is 10.1. The lowest BCUT2D eigenvalue weighted by Gasteiger charge is -2.11. The second-order valence-corrected chi connectivity index (χ2v) is 6.91. The lowest BCUT2D eigenvalue weighted by Crippen LogP contribution is -2.22. The Kier molecular flexibility index (Phi) is 5.93. The average molecular weight is 352 g/mol. The van der Waals surface area contributed by atoms with E-state index in [1.807, 2.05) is 61.5 Å². The number of nitrogens with zero attached hydrogens (tertiary/aromatic N) is 1. The summed E-state index contributed by atoms with van der Waals surface area (Å²) in [6.45, 7) is 3.45. The third-order valence-electron chi connectivity index (χ3n) is 3.77. The molecular weight excluding hydrogens is 332 g/mol. The minimum Gasteiger partial charge on any atom is -0.372 e. The number of hydrogen-bond acceptors (Lipinski definition) is 4. The molecule has 0 aliphatic rings. The smallest absolute Gasteiger partial charge is 0.263 e. The van der Waals surface area contributed by atoms with Crippen molar-refractivity contribution in [2.24, 2.45) is 0 Å². The Labute approximate surface area is 151 Å². The Morgan fingerprint density at radius 1 is 1.04 bits per heavy atom. The molecule has 128 valence electrons. The fourth-order valence-electron chi connectivity index (χ4n) is 2.45. The van der Waals surface area contributed by atoms with Crippen LogP contribution in [0.2, 0.25) is 0 Å². The molecule has 0 spiro atoms. The first-order valence-electron chi connectivity index (χ1n) is 8.11. The van der Waals surface area contributed by atoms with Crippen LogP contribution in [0.5, 0.6) is 0 Å². The fraction of sp³-hybridized carbons (Fsp3) is 0.200. The highest BCUT2D eigenvalue weighted by atomic mass is 32.1. The Balaban J connectivity index is 1.56. The fourth-order valence-corrected chi connectivity index (χ4v) is 3.15. The largest absolute Gasteiger partial charge is 0.372 e. The average Bonchev–Trinajstić information content (AvgIpc) is 3.08. The molecule has 5 heteroatoms. The molecule has 0 unspecified atom stereocenters. The van der Waals surface area contributed by atoms with E-state index in [0.717, 1.165) is 21.7 Å². The lowest BCUT2D eigenvalue weighted by molar-refractivity contribution is 0.0951. The molecular formula is C20H20N2O2S. The van der Waals surface area contributed by atoms with Crippen LogP contribution in [-0.4, -0.2) is 10.9 Å². The summed E-state index contributed by atoms with van der Waals surface area (Å²) < 4.78 is 5.82. The van der Waals surface area contributed by atoms with Gasteiger partial charge < -0.3 is 10.1 Å². The predicted molar refractivity (Wildman–Crippen MR) is 99.4 cm³/mol. The van der Waals surface area contributed by atoms with Crippen LogP contribution in [0.25, 0.3) is 0 Å². The summed E-state index contributed by atoms with van der Waals surface area (Å²) in [4.78, 5) is 16.9. The van der Waals surface area contributed by atoms with Gasteiger partial charge in [0.05, 0.1) is 24.4 Å². The van der Waals surface area contributed by atoms with Crippen LogP contribution in [0.3, 0.4) is 0 Å². The maximum absolute atomic E-state index is 12.2. The minimum atomic E-state index is -0.0920. The van der Waals surface area contributed by atoms with Crippen molar-refractivity contribution in [2.75, 3.05) is 0 Å². The Morgan fingerprint density at radius 2 is 1.76 bits per heavy atom. The summed E-state index contributed by atoms with van der Waals surface area (Å²) in [6.07, 6.45) is 1.62. The van der Waals surface area contributed by atoms with Gasteiger partial charge in [0.15, 0.2) is 0 Å². The van der Waals surface area contributed by atoms with Crippen molar-refractivity contribution in [1.82, 2.24) is 10.3 Å². The summed E-state index contributed by atoms with van der Waals surface area (Å²) >= 11 is 1.40. The molecule has 2 aromatic carbocycles. The first kappa shape index (κ1) is 17.3. The molecule has 0 atom stereocenters. The Morgan fingerprint density at radius 3 is 2.48 bits per heavy atom. The molecule has 25 heavy (non-hydrogen) atoms. The van der Waals surface area contributed by atoms with E-state index < -0.39 is 0 Å². The van der Waals surface area contributed by atoms with E-state index in [1.54, 1.807) is 6.20 Å². The van der Waals surface area contributed by atoms with Crippen molar-refractivity contribution in [3.8, 4) is 0 Å². The van der Waals surface area contributed by atoms with Crippen molar-refractivity contribution in [3.05, 3.63) is 87.4 Å². The van der Waals surface area contributed by atoms with E-state index in [-0.39, 0.29) is 5.91 Å². The molecule has 1 aromatic heterocycles. The van der Waals surface area contributed by atoms with Crippen LogP contribution in [0, 0.1) is 6.92 Å². The highest BCUT2D eigenvalue weighted by Gasteiger charge is 2.10. The van der Waals surface area contributed by atoms with Gasteiger partial charge in [0.2, 0.25) is 0 Å². The van der Waals surface area contributed by atoms with Gasteiger partial charge in [0, 0.05) is 6.54 Å². The van der Waals surface area contributed by atoms with Crippen LogP contribution in [0.15, 0.2) is 60.8 Å². The van der Waals surface area contributed by atoms with Crippen molar-refractivity contribution in [3.63, 3.8) is 0 Å². The van der Waals surface area contributed by atoms with E-state index >= 15 is 0 Å². The molecule has 0 radical (unpaired) electrons. The molecule has 0 saturated heterocycles. The summed E-state index contributed by atoms with van der Waals surface area (Å²) in [5, 5.41) is 3.84. The number of hydrogen-bond donors (Lipinski definition) is 1. The molecule has 1 amide bonds. The quantitative estimate of drug-likeness (QED) is 0.696. The maximum Gasteiger partial charge on any atom is 0.263 e. The van der Waals surface area contributed by atoms with Gasteiger partial charge in [-0.3, -0.25) is 4.79 Å². The number of thiazole rings is 1. The van der Waals surface area contributed by atoms with Crippen LogP contribution in [0.1, 0.15) is 31.4 Å². The van der Waals surface area contributed by atoms with Crippen molar-refractivity contribution >= 4 is 17.2 Å². The number of benzene rings is 2. The minimum absolute atomic E-state index is 0.0920. The number of aromatic nitrogens is 1. The van der Waals surface area contributed by atoms with Gasteiger partial charge in [0.25, 0.3) is 5.91 Å².